The number of carbonyl (C=O) groups is 2. The lowest BCUT2D eigenvalue weighted by Crippen LogP contribution is -2.25. The Bertz CT molecular complexity index is 1190. The number of ether oxygens (including phenoxy) is 2. The molecule has 0 aliphatic carbocycles. The van der Waals surface area contributed by atoms with Crippen LogP contribution in [0.25, 0.3) is 11.1 Å². The molecule has 0 saturated carbocycles. The number of aromatic nitrogens is 2. The third-order valence-electron chi connectivity index (χ3n) is 4.13. The molecular formula is C18H9Cl2N3O6. The zero-order valence-corrected chi connectivity index (χ0v) is 15.8. The Morgan fingerprint density at radius 1 is 1.07 bits per heavy atom. The summed E-state index contributed by atoms with van der Waals surface area (Å²) in [5.41, 5.74) is 1.79. The minimum atomic E-state index is -1.17. The molecule has 2 aromatic carbocycles. The Morgan fingerprint density at radius 3 is 2.55 bits per heavy atom. The van der Waals surface area contributed by atoms with Gasteiger partial charge in [0, 0.05) is 11.1 Å². The van der Waals surface area contributed by atoms with Gasteiger partial charge < -0.3 is 9.47 Å². The van der Waals surface area contributed by atoms with E-state index in [0.717, 1.165) is 5.56 Å². The summed E-state index contributed by atoms with van der Waals surface area (Å²) in [5, 5.41) is 11.4. The first-order valence-corrected chi connectivity index (χ1v) is 8.81. The smallest absolute Gasteiger partial charge is 0.397 e. The van der Waals surface area contributed by atoms with Crippen LogP contribution in [0.3, 0.4) is 0 Å². The first-order valence-electron chi connectivity index (χ1n) is 8.06. The molecule has 0 N–H and O–H groups in total. The molecule has 0 radical (unpaired) electrons. The molecule has 1 aliphatic rings. The number of nitrogens with zero attached hydrogens (tertiary/aromatic N) is 3. The summed E-state index contributed by atoms with van der Waals surface area (Å²) in [5.74, 6) is -2.39. The predicted molar refractivity (Wildman–Crippen MR) is 101 cm³/mol. The van der Waals surface area contributed by atoms with Crippen molar-refractivity contribution < 1.29 is 24.0 Å². The first kappa shape index (κ1) is 18.9. The summed E-state index contributed by atoms with van der Waals surface area (Å²) in [4.78, 5) is 37.2. The fraction of sp³-hybridized carbons (Fsp3) is 0.0556. The van der Waals surface area contributed by atoms with Crippen molar-refractivity contribution in [2.75, 3.05) is 0 Å². The van der Waals surface area contributed by atoms with Gasteiger partial charge >= 0.3 is 17.9 Å². The molecule has 0 spiro atoms. The number of imidazole rings is 1. The maximum Gasteiger partial charge on any atom is 0.425 e. The maximum atomic E-state index is 11.5. The van der Waals surface area contributed by atoms with E-state index in [1.807, 2.05) is 0 Å². The molecule has 1 aromatic heterocycles. The number of nitro benzene ring substituents is 1. The van der Waals surface area contributed by atoms with E-state index in [1.165, 1.54) is 22.9 Å². The van der Waals surface area contributed by atoms with Crippen molar-refractivity contribution in [3.63, 3.8) is 0 Å². The number of carbonyl (C=O) groups excluding carboxylic acids is 2. The normalized spacial score (nSPS) is 12.9. The highest BCUT2D eigenvalue weighted by Crippen LogP contribution is 2.34. The number of benzene rings is 2. The van der Waals surface area contributed by atoms with Gasteiger partial charge in [-0.05, 0) is 41.0 Å². The highest BCUT2D eigenvalue weighted by atomic mass is 35.5. The molecule has 2 heterocycles. The summed E-state index contributed by atoms with van der Waals surface area (Å²) in [6.07, 6.45) is 1.42. The van der Waals surface area contributed by atoms with Crippen LogP contribution in [-0.2, 0) is 16.1 Å². The van der Waals surface area contributed by atoms with E-state index in [-0.39, 0.29) is 29.1 Å². The minimum absolute atomic E-state index is 0.0146. The van der Waals surface area contributed by atoms with Crippen LogP contribution in [0, 0.1) is 10.1 Å². The van der Waals surface area contributed by atoms with Gasteiger partial charge in [-0.1, -0.05) is 29.3 Å². The number of nitro groups is 1. The molecule has 11 heteroatoms. The third kappa shape index (κ3) is 3.65. The molecule has 3 aromatic rings. The summed E-state index contributed by atoms with van der Waals surface area (Å²) in [6, 6.07) is 9.34. The number of esters is 2. The van der Waals surface area contributed by atoms with Crippen LogP contribution in [0.5, 0.6) is 11.9 Å². The van der Waals surface area contributed by atoms with E-state index in [1.54, 1.807) is 24.3 Å². The summed E-state index contributed by atoms with van der Waals surface area (Å²) in [7, 11) is 0. The van der Waals surface area contributed by atoms with Gasteiger partial charge in [-0.2, -0.15) is 4.98 Å². The van der Waals surface area contributed by atoms with Gasteiger partial charge in [0.2, 0.25) is 5.88 Å². The Morgan fingerprint density at radius 2 is 1.83 bits per heavy atom. The molecule has 0 unspecified atom stereocenters. The molecule has 0 amide bonds. The van der Waals surface area contributed by atoms with Crippen LogP contribution in [0.2, 0.25) is 10.0 Å². The molecule has 0 atom stereocenters. The predicted octanol–water partition coefficient (Wildman–Crippen LogP) is 3.64. The van der Waals surface area contributed by atoms with Crippen LogP contribution >= 0.6 is 23.2 Å². The maximum absolute atomic E-state index is 11.5. The van der Waals surface area contributed by atoms with Gasteiger partial charge in [-0.25, -0.2) is 9.59 Å². The second-order valence-corrected chi connectivity index (χ2v) is 6.84. The number of fused-ring (bicyclic) bond motifs is 2. The van der Waals surface area contributed by atoms with Gasteiger partial charge in [-0.15, -0.1) is 0 Å². The zero-order valence-electron chi connectivity index (χ0n) is 14.3. The fourth-order valence-corrected chi connectivity index (χ4v) is 3.26. The molecule has 9 nitrogen and oxygen atoms in total. The Hall–Kier alpha value is -3.43. The van der Waals surface area contributed by atoms with E-state index >= 15 is 0 Å². The number of rotatable bonds is 4. The summed E-state index contributed by atoms with van der Waals surface area (Å²) >= 11 is 12.2. The second kappa shape index (κ2) is 7.19. The van der Waals surface area contributed by atoms with Crippen molar-refractivity contribution in [1.29, 1.82) is 0 Å². The van der Waals surface area contributed by atoms with E-state index in [0.29, 0.717) is 16.1 Å². The van der Waals surface area contributed by atoms with Crippen molar-refractivity contribution in [3.8, 4) is 23.0 Å². The summed E-state index contributed by atoms with van der Waals surface area (Å²) < 4.78 is 11.2. The van der Waals surface area contributed by atoms with E-state index in [2.05, 4.69) is 4.98 Å². The largest absolute Gasteiger partial charge is 0.425 e. The zero-order chi connectivity index (χ0) is 20.7. The number of hydrogen-bond acceptors (Lipinski definition) is 7. The topological polar surface area (TPSA) is 114 Å². The van der Waals surface area contributed by atoms with E-state index in [9.17, 15) is 19.7 Å². The monoisotopic (exact) mass is 433 g/mol. The minimum Gasteiger partial charge on any atom is -0.397 e. The molecule has 29 heavy (non-hydrogen) atoms. The average molecular weight is 434 g/mol. The average Bonchev–Trinajstić information content (AvgIpc) is 2.96. The van der Waals surface area contributed by atoms with Gasteiger partial charge in [0.25, 0.3) is 5.69 Å². The number of hydrogen-bond donors (Lipinski definition) is 0. The van der Waals surface area contributed by atoms with Crippen LogP contribution < -0.4 is 9.47 Å². The van der Waals surface area contributed by atoms with Crippen molar-refractivity contribution in [2.45, 2.75) is 6.54 Å². The van der Waals surface area contributed by atoms with Crippen molar-refractivity contribution in [1.82, 2.24) is 9.55 Å². The van der Waals surface area contributed by atoms with Crippen molar-refractivity contribution in [3.05, 3.63) is 68.3 Å². The third-order valence-corrected chi connectivity index (χ3v) is 4.67. The van der Waals surface area contributed by atoms with Crippen LogP contribution in [0.1, 0.15) is 5.56 Å². The molecule has 1 aliphatic heterocycles. The lowest BCUT2D eigenvalue weighted by Gasteiger charge is -2.13. The molecule has 2 bridgehead atoms. The van der Waals surface area contributed by atoms with E-state index in [4.69, 9.17) is 32.7 Å². The Balaban J connectivity index is 1.74. The van der Waals surface area contributed by atoms with Crippen molar-refractivity contribution >= 4 is 40.8 Å². The highest BCUT2D eigenvalue weighted by molar-refractivity contribution is 6.33. The standard InChI is InChI=1S/C18H9Cl2N3O6/c19-11-3-1-10(7-22-8-15-21-18(22)29-17(25)16(24)28-15)12(6-11)9-2-4-14(23(26)27)13(20)5-9/h1-6,8H,7H2. The van der Waals surface area contributed by atoms with Crippen LogP contribution in [0.4, 0.5) is 5.69 Å². The molecular weight excluding hydrogens is 425 g/mol. The van der Waals surface area contributed by atoms with Gasteiger partial charge in [0.05, 0.1) is 17.7 Å². The summed E-state index contributed by atoms with van der Waals surface area (Å²) in [6.45, 7) is 0.189. The fourth-order valence-electron chi connectivity index (χ4n) is 2.84. The van der Waals surface area contributed by atoms with E-state index < -0.39 is 16.9 Å². The molecule has 0 fully saturated rings. The molecule has 4 rings (SSSR count). The Kier molecular flexibility index (Phi) is 4.69. The van der Waals surface area contributed by atoms with Crippen molar-refractivity contribution in [2.24, 2.45) is 0 Å². The Labute approximate surface area is 172 Å². The molecule has 146 valence electrons. The second-order valence-electron chi connectivity index (χ2n) is 5.99. The van der Waals surface area contributed by atoms with Crippen LogP contribution in [-0.4, -0.2) is 26.4 Å². The molecule has 0 saturated heterocycles. The van der Waals surface area contributed by atoms with Gasteiger partial charge in [-0.3, -0.25) is 14.7 Å². The number of halogens is 2. The van der Waals surface area contributed by atoms with Gasteiger partial charge in [0.15, 0.2) is 0 Å². The first-order chi connectivity index (χ1) is 13.8. The lowest BCUT2D eigenvalue weighted by molar-refractivity contribution is -0.384. The SMILES string of the molecule is O=C1Oc2cn(Cc3ccc(Cl)cc3-c3ccc([N+](=O)[O-])c(Cl)c3)c(n2)OC1=O. The van der Waals surface area contributed by atoms with Crippen LogP contribution in [0.15, 0.2) is 42.6 Å². The van der Waals surface area contributed by atoms with Gasteiger partial charge in [0.1, 0.15) is 5.02 Å². The quantitative estimate of drug-likeness (QED) is 0.267. The highest BCUT2D eigenvalue weighted by Gasteiger charge is 2.28. The lowest BCUT2D eigenvalue weighted by atomic mass is 9.99.